The Kier molecular flexibility index (Phi) is 4.89. The van der Waals surface area contributed by atoms with Gasteiger partial charge in [-0.15, -0.1) is 5.10 Å². The summed E-state index contributed by atoms with van der Waals surface area (Å²) in [5.41, 5.74) is 1.58. The number of hydrogen-bond donors (Lipinski definition) is 1. The van der Waals surface area contributed by atoms with Crippen molar-refractivity contribution in [2.45, 2.75) is 39.0 Å². The maximum Gasteiger partial charge on any atom is 0.287 e. The first kappa shape index (κ1) is 17.6. The zero-order valence-corrected chi connectivity index (χ0v) is 15.2. The molecule has 2 aromatic rings. The lowest BCUT2D eigenvalue weighted by atomic mass is 10.2. The van der Waals surface area contributed by atoms with E-state index in [4.69, 9.17) is 0 Å². The summed E-state index contributed by atoms with van der Waals surface area (Å²) in [4.78, 5) is 12.5. The second kappa shape index (κ2) is 6.95. The molecule has 1 saturated carbocycles. The number of carbonyl (C=O) groups is 1. The third kappa shape index (κ3) is 4.07. The lowest BCUT2D eigenvalue weighted by molar-refractivity contribution is 0.0975. The van der Waals surface area contributed by atoms with E-state index in [0.717, 1.165) is 24.9 Å². The Morgan fingerprint density at radius 3 is 2.60 bits per heavy atom. The highest BCUT2D eigenvalue weighted by Gasteiger charge is 2.35. The van der Waals surface area contributed by atoms with Crippen LogP contribution in [-0.2, 0) is 10.0 Å². The van der Waals surface area contributed by atoms with Gasteiger partial charge in [-0.05, 0) is 30.9 Å². The second-order valence-electron chi connectivity index (χ2n) is 6.57. The standard InChI is InChI=1S/C17H22N4O3S/c1-3-12(2)11-25(23,24)19-17(22)15-16(13-9-10-13)21(20-18-15)14-7-5-4-6-8-14/h4-8,12-13H,3,9-11H2,1-2H3,(H,19,22). The number of amides is 1. The molecule has 1 N–H and O–H groups in total. The Morgan fingerprint density at radius 1 is 1.32 bits per heavy atom. The van der Waals surface area contributed by atoms with Crippen LogP contribution in [0.5, 0.6) is 0 Å². The monoisotopic (exact) mass is 362 g/mol. The normalized spacial score (nSPS) is 15.8. The SMILES string of the molecule is CCC(C)CS(=O)(=O)NC(=O)c1nnn(-c2ccccc2)c1C1CC1. The predicted molar refractivity (Wildman–Crippen MR) is 94.0 cm³/mol. The summed E-state index contributed by atoms with van der Waals surface area (Å²) in [5.74, 6) is -0.616. The van der Waals surface area contributed by atoms with Crippen molar-refractivity contribution in [1.29, 1.82) is 0 Å². The topological polar surface area (TPSA) is 93.9 Å². The minimum Gasteiger partial charge on any atom is -0.266 e. The molecule has 8 heteroatoms. The van der Waals surface area contributed by atoms with Crippen molar-refractivity contribution in [1.82, 2.24) is 19.7 Å². The van der Waals surface area contributed by atoms with Crippen molar-refractivity contribution in [3.63, 3.8) is 0 Å². The Balaban J connectivity index is 1.88. The quantitative estimate of drug-likeness (QED) is 0.815. The first-order valence-electron chi connectivity index (χ1n) is 8.47. The van der Waals surface area contributed by atoms with Crippen LogP contribution in [0, 0.1) is 5.92 Å². The van der Waals surface area contributed by atoms with Crippen molar-refractivity contribution in [3.05, 3.63) is 41.7 Å². The van der Waals surface area contributed by atoms with E-state index in [1.165, 1.54) is 0 Å². The van der Waals surface area contributed by atoms with E-state index in [9.17, 15) is 13.2 Å². The Bertz CT molecular complexity index is 857. The van der Waals surface area contributed by atoms with Crippen molar-refractivity contribution < 1.29 is 13.2 Å². The van der Waals surface area contributed by atoms with Gasteiger partial charge in [0.25, 0.3) is 5.91 Å². The molecule has 1 aromatic heterocycles. The van der Waals surface area contributed by atoms with Gasteiger partial charge < -0.3 is 0 Å². The van der Waals surface area contributed by atoms with E-state index in [2.05, 4.69) is 15.0 Å². The van der Waals surface area contributed by atoms with Gasteiger partial charge in [0, 0.05) is 5.92 Å². The number of nitrogens with one attached hydrogen (secondary N) is 1. The molecule has 1 aliphatic carbocycles. The molecule has 1 fully saturated rings. The van der Waals surface area contributed by atoms with Crippen LogP contribution in [0.1, 0.15) is 55.2 Å². The maximum atomic E-state index is 12.5. The van der Waals surface area contributed by atoms with Crippen molar-refractivity contribution in [3.8, 4) is 5.69 Å². The van der Waals surface area contributed by atoms with Crippen LogP contribution in [0.15, 0.2) is 30.3 Å². The summed E-state index contributed by atoms with van der Waals surface area (Å²) < 4.78 is 28.1. The molecular weight excluding hydrogens is 340 g/mol. The average molecular weight is 362 g/mol. The fourth-order valence-corrected chi connectivity index (χ4v) is 4.10. The van der Waals surface area contributed by atoms with Crippen LogP contribution in [0.25, 0.3) is 5.69 Å². The zero-order valence-electron chi connectivity index (χ0n) is 14.3. The number of nitrogens with zero attached hydrogens (tertiary/aromatic N) is 3. The van der Waals surface area contributed by atoms with E-state index in [1.54, 1.807) is 4.68 Å². The van der Waals surface area contributed by atoms with Gasteiger partial charge in [0.05, 0.1) is 17.1 Å². The van der Waals surface area contributed by atoms with Gasteiger partial charge in [-0.25, -0.2) is 17.8 Å². The number of benzene rings is 1. The lowest BCUT2D eigenvalue weighted by Crippen LogP contribution is -2.35. The van der Waals surface area contributed by atoms with Gasteiger partial charge >= 0.3 is 0 Å². The van der Waals surface area contributed by atoms with E-state index >= 15 is 0 Å². The highest BCUT2D eigenvalue weighted by atomic mass is 32.2. The number of hydrogen-bond acceptors (Lipinski definition) is 5. The van der Waals surface area contributed by atoms with Crippen molar-refractivity contribution in [2.75, 3.05) is 5.75 Å². The molecule has 0 spiro atoms. The highest BCUT2D eigenvalue weighted by molar-refractivity contribution is 7.90. The molecular formula is C17H22N4O3S. The van der Waals surface area contributed by atoms with Gasteiger partial charge in [-0.3, -0.25) is 4.79 Å². The highest BCUT2D eigenvalue weighted by Crippen LogP contribution is 2.41. The molecule has 1 unspecified atom stereocenters. The first-order valence-corrected chi connectivity index (χ1v) is 10.1. The summed E-state index contributed by atoms with van der Waals surface area (Å²) in [6.07, 6.45) is 2.62. The van der Waals surface area contributed by atoms with Gasteiger partial charge in [0.15, 0.2) is 5.69 Å². The molecule has 0 aliphatic heterocycles. The number of para-hydroxylation sites is 1. The Morgan fingerprint density at radius 2 is 2.00 bits per heavy atom. The van der Waals surface area contributed by atoms with E-state index in [1.807, 2.05) is 44.2 Å². The third-order valence-electron chi connectivity index (χ3n) is 4.33. The van der Waals surface area contributed by atoms with Crippen LogP contribution in [0.4, 0.5) is 0 Å². The second-order valence-corrected chi connectivity index (χ2v) is 8.34. The number of carbonyl (C=O) groups excluding carboxylic acids is 1. The molecule has 134 valence electrons. The van der Waals surface area contributed by atoms with E-state index in [-0.39, 0.29) is 23.3 Å². The number of rotatable bonds is 7. The van der Waals surface area contributed by atoms with Gasteiger partial charge in [0.1, 0.15) is 0 Å². The molecule has 7 nitrogen and oxygen atoms in total. The summed E-state index contributed by atoms with van der Waals surface area (Å²) in [5, 5.41) is 8.06. The molecule has 0 bridgehead atoms. The summed E-state index contributed by atoms with van der Waals surface area (Å²) in [7, 11) is -3.69. The molecule has 0 radical (unpaired) electrons. The number of aromatic nitrogens is 3. The molecule has 1 amide bonds. The fourth-order valence-electron chi connectivity index (χ4n) is 2.66. The zero-order chi connectivity index (χ0) is 18.0. The molecule has 25 heavy (non-hydrogen) atoms. The summed E-state index contributed by atoms with van der Waals surface area (Å²) in [6, 6.07) is 9.41. The Hall–Kier alpha value is -2.22. The molecule has 1 atom stereocenters. The van der Waals surface area contributed by atoms with Gasteiger partial charge in [0.2, 0.25) is 10.0 Å². The molecule has 1 heterocycles. The Labute approximate surface area is 147 Å². The lowest BCUT2D eigenvalue weighted by Gasteiger charge is -2.11. The summed E-state index contributed by atoms with van der Waals surface area (Å²) >= 11 is 0. The summed E-state index contributed by atoms with van der Waals surface area (Å²) in [6.45, 7) is 3.75. The number of sulfonamides is 1. The van der Waals surface area contributed by atoms with E-state index < -0.39 is 15.9 Å². The average Bonchev–Trinajstić information content (AvgIpc) is 3.32. The first-order chi connectivity index (χ1) is 11.9. The van der Waals surface area contributed by atoms with E-state index in [0.29, 0.717) is 5.69 Å². The minimum absolute atomic E-state index is 0.0202. The van der Waals surface area contributed by atoms with Crippen molar-refractivity contribution in [2.24, 2.45) is 5.92 Å². The third-order valence-corrected chi connectivity index (χ3v) is 5.84. The maximum absolute atomic E-state index is 12.5. The largest absolute Gasteiger partial charge is 0.287 e. The predicted octanol–water partition coefficient (Wildman–Crippen LogP) is 2.25. The molecule has 3 rings (SSSR count). The van der Waals surface area contributed by atoms with Gasteiger partial charge in [-0.2, -0.15) is 0 Å². The molecule has 0 saturated heterocycles. The van der Waals surface area contributed by atoms with Crippen LogP contribution in [-0.4, -0.2) is 35.1 Å². The smallest absolute Gasteiger partial charge is 0.266 e. The van der Waals surface area contributed by atoms with Crippen LogP contribution < -0.4 is 4.72 Å². The van der Waals surface area contributed by atoms with Crippen molar-refractivity contribution >= 4 is 15.9 Å². The molecule has 1 aromatic carbocycles. The van der Waals surface area contributed by atoms with Crippen LogP contribution in [0.3, 0.4) is 0 Å². The van der Waals surface area contributed by atoms with Crippen LogP contribution in [0.2, 0.25) is 0 Å². The molecule has 1 aliphatic rings. The van der Waals surface area contributed by atoms with Gasteiger partial charge in [-0.1, -0.05) is 43.7 Å². The fraction of sp³-hybridized carbons (Fsp3) is 0.471. The van der Waals surface area contributed by atoms with Crippen LogP contribution >= 0.6 is 0 Å². The minimum atomic E-state index is -3.69.